The van der Waals surface area contributed by atoms with Crippen molar-refractivity contribution in [1.82, 2.24) is 9.97 Å². The van der Waals surface area contributed by atoms with Crippen molar-refractivity contribution in [3.05, 3.63) is 30.1 Å². The molecule has 0 amide bonds. The number of nitrogens with two attached hydrogens (primary N) is 1. The molecule has 0 unspecified atom stereocenters. The van der Waals surface area contributed by atoms with Crippen molar-refractivity contribution in [2.75, 3.05) is 7.05 Å². The lowest BCUT2D eigenvalue weighted by Crippen LogP contribution is -2.73. The Morgan fingerprint density at radius 1 is 1.19 bits per heavy atom. The number of fused-ring (bicyclic) bond motifs is 3. The van der Waals surface area contributed by atoms with Gasteiger partial charge in [-0.2, -0.15) is 4.98 Å². The first-order chi connectivity index (χ1) is 7.79. The smallest absolute Gasteiger partial charge is 0.271 e. The molecule has 0 spiro atoms. The molecule has 0 saturated carbocycles. The molecule has 4 nitrogen and oxygen atoms in total. The molecule has 0 atom stereocenters. The zero-order chi connectivity index (χ0) is 11.1. The van der Waals surface area contributed by atoms with E-state index in [1.54, 1.807) is 0 Å². The summed E-state index contributed by atoms with van der Waals surface area (Å²) in [5.74, 6) is 1.63. The molecule has 2 heterocycles. The second-order valence-electron chi connectivity index (χ2n) is 3.72. The number of aromatic nitrogens is 2. The van der Waals surface area contributed by atoms with Crippen LogP contribution in [-0.4, -0.2) is 17.0 Å². The van der Waals surface area contributed by atoms with Gasteiger partial charge in [-0.25, -0.2) is 4.98 Å². The second kappa shape index (κ2) is 3.28. The van der Waals surface area contributed by atoms with Crippen LogP contribution in [0, 0.1) is 6.92 Å². The third-order valence-electron chi connectivity index (χ3n) is 2.63. The van der Waals surface area contributed by atoms with Gasteiger partial charge in [0.1, 0.15) is 16.9 Å². The summed E-state index contributed by atoms with van der Waals surface area (Å²) in [5.41, 5.74) is 2.53. The molecule has 0 aliphatic heterocycles. The summed E-state index contributed by atoms with van der Waals surface area (Å²) in [4.78, 5) is 8.80. The van der Waals surface area contributed by atoms with Gasteiger partial charge in [-0.15, -0.1) is 0 Å². The molecule has 1 aromatic carbocycles. The van der Waals surface area contributed by atoms with E-state index in [1.807, 2.05) is 43.6 Å². The topological polar surface area (TPSA) is 55.5 Å². The van der Waals surface area contributed by atoms with Crippen LogP contribution in [0.4, 0.5) is 5.82 Å². The van der Waals surface area contributed by atoms with Crippen LogP contribution >= 0.6 is 0 Å². The maximum absolute atomic E-state index is 5.77. The van der Waals surface area contributed by atoms with Gasteiger partial charge < -0.3 is 4.42 Å². The Hall–Kier alpha value is -1.94. The van der Waals surface area contributed by atoms with Crippen molar-refractivity contribution in [3.8, 4) is 0 Å². The Labute approximate surface area is 92.3 Å². The predicted octanol–water partition coefficient (Wildman–Crippen LogP) is 1.51. The van der Waals surface area contributed by atoms with Crippen LogP contribution in [0.1, 0.15) is 5.82 Å². The van der Waals surface area contributed by atoms with E-state index in [9.17, 15) is 0 Å². The minimum atomic E-state index is 0.771. The molecule has 3 rings (SSSR count). The maximum Gasteiger partial charge on any atom is 0.271 e. The predicted molar refractivity (Wildman–Crippen MR) is 61.6 cm³/mol. The Bertz CT molecular complexity index is 672. The van der Waals surface area contributed by atoms with E-state index in [-0.39, 0.29) is 0 Å². The first kappa shape index (κ1) is 9.30. The Balaban J connectivity index is 2.54. The fourth-order valence-corrected chi connectivity index (χ4v) is 1.92. The number of rotatable bonds is 1. The minimum Gasteiger partial charge on any atom is -0.446 e. The Morgan fingerprint density at radius 3 is 2.81 bits per heavy atom. The highest BCUT2D eigenvalue weighted by Gasteiger charge is 2.15. The minimum absolute atomic E-state index is 0.771. The SMILES string of the molecule is C[NH2+]c1nc(C)nc2c1oc1ccccc12. The van der Waals surface area contributed by atoms with E-state index in [2.05, 4.69) is 9.97 Å². The summed E-state index contributed by atoms with van der Waals surface area (Å²) in [6.45, 7) is 1.90. The van der Waals surface area contributed by atoms with Crippen LogP contribution < -0.4 is 5.32 Å². The molecular weight excluding hydrogens is 202 g/mol. The monoisotopic (exact) mass is 214 g/mol. The largest absolute Gasteiger partial charge is 0.446 e. The molecule has 0 aliphatic rings. The van der Waals surface area contributed by atoms with Crippen molar-refractivity contribution in [2.24, 2.45) is 0 Å². The summed E-state index contributed by atoms with van der Waals surface area (Å²) in [6, 6.07) is 7.92. The van der Waals surface area contributed by atoms with Gasteiger partial charge >= 0.3 is 0 Å². The van der Waals surface area contributed by atoms with E-state index >= 15 is 0 Å². The molecule has 0 radical (unpaired) electrons. The van der Waals surface area contributed by atoms with E-state index < -0.39 is 0 Å². The molecule has 0 bridgehead atoms. The van der Waals surface area contributed by atoms with Crippen LogP contribution in [0.15, 0.2) is 28.7 Å². The summed E-state index contributed by atoms with van der Waals surface area (Å²) in [7, 11) is 1.95. The number of benzene rings is 1. The van der Waals surface area contributed by atoms with Crippen LogP contribution in [-0.2, 0) is 0 Å². The number of nitrogens with zero attached hydrogens (tertiary/aromatic N) is 2. The first-order valence-corrected chi connectivity index (χ1v) is 5.25. The summed E-state index contributed by atoms with van der Waals surface area (Å²) in [5, 5.41) is 2.99. The Morgan fingerprint density at radius 2 is 2.00 bits per heavy atom. The summed E-state index contributed by atoms with van der Waals surface area (Å²) < 4.78 is 5.77. The lowest BCUT2D eigenvalue weighted by atomic mass is 10.2. The average Bonchev–Trinajstić information content (AvgIpc) is 2.67. The van der Waals surface area contributed by atoms with Crippen molar-refractivity contribution in [1.29, 1.82) is 0 Å². The maximum atomic E-state index is 5.77. The van der Waals surface area contributed by atoms with E-state index in [4.69, 9.17) is 4.42 Å². The van der Waals surface area contributed by atoms with Gasteiger partial charge in [0, 0.05) is 5.39 Å². The molecule has 16 heavy (non-hydrogen) atoms. The third-order valence-corrected chi connectivity index (χ3v) is 2.63. The van der Waals surface area contributed by atoms with Crippen molar-refractivity contribution in [3.63, 3.8) is 0 Å². The summed E-state index contributed by atoms with van der Waals surface area (Å²) >= 11 is 0. The number of aryl methyl sites for hydroxylation is 1. The summed E-state index contributed by atoms with van der Waals surface area (Å²) in [6.07, 6.45) is 0. The van der Waals surface area contributed by atoms with Gasteiger partial charge in [0.15, 0.2) is 0 Å². The number of quaternary nitrogens is 1. The van der Waals surface area contributed by atoms with Crippen LogP contribution in [0.2, 0.25) is 0 Å². The number of hydrogen-bond acceptors (Lipinski definition) is 3. The second-order valence-corrected chi connectivity index (χ2v) is 3.72. The van der Waals surface area contributed by atoms with Gasteiger partial charge in [-0.05, 0) is 19.1 Å². The Kier molecular flexibility index (Phi) is 1.91. The van der Waals surface area contributed by atoms with E-state index in [0.29, 0.717) is 0 Å². The lowest BCUT2D eigenvalue weighted by molar-refractivity contribution is -0.542. The number of furan rings is 1. The fraction of sp³-hybridized carbons (Fsp3) is 0.167. The highest BCUT2D eigenvalue weighted by atomic mass is 16.3. The van der Waals surface area contributed by atoms with Crippen LogP contribution in [0.3, 0.4) is 0 Å². The zero-order valence-electron chi connectivity index (χ0n) is 9.19. The molecule has 0 saturated heterocycles. The average molecular weight is 214 g/mol. The molecule has 3 aromatic rings. The lowest BCUT2D eigenvalue weighted by Gasteiger charge is -1.96. The quantitative estimate of drug-likeness (QED) is 0.668. The molecule has 4 heteroatoms. The molecule has 80 valence electrons. The van der Waals surface area contributed by atoms with Gasteiger partial charge in [-0.1, -0.05) is 12.1 Å². The van der Waals surface area contributed by atoms with Crippen LogP contribution in [0.5, 0.6) is 0 Å². The molecule has 0 fully saturated rings. The standard InChI is InChI=1S/C12H11N3O/c1-7-14-10-8-5-3-4-6-9(8)16-11(10)12(13-2)15-7/h3-6H,1-2H3,(H,13,14,15)/p+1. The van der Waals surface area contributed by atoms with Gasteiger partial charge in [0.2, 0.25) is 5.58 Å². The highest BCUT2D eigenvalue weighted by Crippen LogP contribution is 2.29. The molecule has 2 N–H and O–H groups in total. The first-order valence-electron chi connectivity index (χ1n) is 5.25. The normalized spacial score (nSPS) is 11.4. The molecule has 0 aliphatic carbocycles. The third kappa shape index (κ3) is 1.20. The zero-order valence-corrected chi connectivity index (χ0v) is 9.19. The van der Waals surface area contributed by atoms with Gasteiger partial charge in [-0.3, -0.25) is 5.32 Å². The van der Waals surface area contributed by atoms with Gasteiger partial charge in [0.05, 0.1) is 7.05 Å². The highest BCUT2D eigenvalue weighted by molar-refractivity contribution is 6.04. The molecular formula is C12H12N3O+. The van der Waals surface area contributed by atoms with E-state index in [1.165, 1.54) is 0 Å². The van der Waals surface area contributed by atoms with Crippen molar-refractivity contribution >= 4 is 27.9 Å². The molecule has 2 aromatic heterocycles. The van der Waals surface area contributed by atoms with E-state index in [0.717, 1.165) is 33.7 Å². The number of para-hydroxylation sites is 1. The number of hydrogen-bond donors (Lipinski definition) is 1. The van der Waals surface area contributed by atoms with Crippen molar-refractivity contribution < 1.29 is 9.73 Å². The van der Waals surface area contributed by atoms with Crippen molar-refractivity contribution in [2.45, 2.75) is 6.92 Å². The fourth-order valence-electron chi connectivity index (χ4n) is 1.92. The van der Waals surface area contributed by atoms with Crippen LogP contribution in [0.25, 0.3) is 22.1 Å². The van der Waals surface area contributed by atoms with Gasteiger partial charge in [0.25, 0.3) is 5.82 Å².